The van der Waals surface area contributed by atoms with Crippen molar-refractivity contribution in [2.45, 2.75) is 173 Å². The Kier molecular flexibility index (Phi) is 42.7. The number of aliphatic hydroxyl groups is 3. The van der Waals surface area contributed by atoms with Crippen molar-refractivity contribution in [3.8, 4) is 28.7 Å². The van der Waals surface area contributed by atoms with Gasteiger partial charge in [0.15, 0.2) is 5.82 Å². The summed E-state index contributed by atoms with van der Waals surface area (Å²) >= 11 is 0. The molecular formula is C92H117FN18O24. The zero-order valence-electron chi connectivity index (χ0n) is 75.7. The topological polar surface area (TPSA) is 605 Å². The summed E-state index contributed by atoms with van der Waals surface area (Å²) in [6, 6.07) is 20.9. The van der Waals surface area contributed by atoms with E-state index in [-0.39, 0.29) is 87.7 Å². The minimum absolute atomic E-state index is 0.0278. The number of ether oxygens (including phenoxy) is 5. The molecule has 135 heavy (non-hydrogen) atoms. The van der Waals surface area contributed by atoms with E-state index in [1.54, 1.807) is 41.4 Å². The fraction of sp³-hybridized carbons (Fsp3) is 0.457. The van der Waals surface area contributed by atoms with Crippen molar-refractivity contribution >= 4 is 88.5 Å². The van der Waals surface area contributed by atoms with Crippen molar-refractivity contribution in [2.75, 3.05) is 97.1 Å². The minimum Gasteiger partial charge on any atom is -0.494 e. The van der Waals surface area contributed by atoms with E-state index < -0.39 is 163 Å². The first-order valence-electron chi connectivity index (χ1n) is 43.9. The minimum atomic E-state index is -2.40. The quantitative estimate of drug-likeness (QED) is 0.0130. The number of aryl methyl sites for hydroxylation is 1. The number of carboxylic acid groups (broad SMARTS) is 2. The average Bonchev–Trinajstić information content (AvgIpc) is 1.05. The van der Waals surface area contributed by atoms with Crippen LogP contribution in [0.5, 0.6) is 5.75 Å². The third-order valence-corrected chi connectivity index (χ3v) is 21.4. The molecule has 0 unspecified atom stereocenters. The van der Waals surface area contributed by atoms with Gasteiger partial charge in [-0.15, -0.1) is 10.2 Å². The number of fused-ring (bicyclic) bond motifs is 2. The fourth-order valence-corrected chi connectivity index (χ4v) is 13.7. The molecule has 0 spiro atoms. The Morgan fingerprint density at radius 1 is 0.570 bits per heavy atom. The van der Waals surface area contributed by atoms with Gasteiger partial charge in [0.25, 0.3) is 0 Å². The highest BCUT2D eigenvalue weighted by Gasteiger charge is 2.44. The predicted molar refractivity (Wildman–Crippen MR) is 481 cm³/mol. The number of carboxylic acids is 2. The second kappa shape index (κ2) is 54.2. The summed E-state index contributed by atoms with van der Waals surface area (Å²) in [6.07, 6.45) is -0.867. The summed E-state index contributed by atoms with van der Waals surface area (Å²) in [7, 11) is 0. The highest BCUT2D eigenvalue weighted by molar-refractivity contribution is 6.06. The molecule has 0 saturated carbocycles. The molecule has 0 aliphatic carbocycles. The number of tetrazole rings is 1. The number of benzene rings is 5. The molecule has 9 atom stereocenters. The number of imidazole rings is 1. The van der Waals surface area contributed by atoms with Crippen LogP contribution >= 0.6 is 0 Å². The van der Waals surface area contributed by atoms with Gasteiger partial charge in [-0.25, -0.2) is 14.2 Å². The van der Waals surface area contributed by atoms with Gasteiger partial charge < -0.3 is 118 Å². The van der Waals surface area contributed by atoms with Crippen LogP contribution in [0.1, 0.15) is 125 Å². The first kappa shape index (κ1) is 106. The Morgan fingerprint density at radius 3 is 1.86 bits per heavy atom. The fourth-order valence-electron chi connectivity index (χ4n) is 13.7. The molecule has 5 aromatic carbocycles. The first-order chi connectivity index (χ1) is 64.7. The van der Waals surface area contributed by atoms with Crippen LogP contribution in [0, 0.1) is 23.1 Å². The third kappa shape index (κ3) is 34.5. The third-order valence-electron chi connectivity index (χ3n) is 21.4. The summed E-state index contributed by atoms with van der Waals surface area (Å²) in [4.78, 5) is 197. The summed E-state index contributed by atoms with van der Waals surface area (Å²) in [5, 5.41) is 92.1. The van der Waals surface area contributed by atoms with Gasteiger partial charge in [0.05, 0.1) is 110 Å². The number of aromatic nitrogens is 6. The normalized spacial score (nSPS) is 13.8. The highest BCUT2D eigenvalue weighted by atomic mass is 19.1. The molecule has 726 valence electrons. The molecular weight excluding hydrogens is 1760 g/mol. The summed E-state index contributed by atoms with van der Waals surface area (Å²) in [5.74, 6) is -8.35. The van der Waals surface area contributed by atoms with Crippen molar-refractivity contribution in [1.82, 2.24) is 89.1 Å². The number of rotatable bonds is 58. The van der Waals surface area contributed by atoms with E-state index in [1.807, 2.05) is 67.6 Å². The van der Waals surface area contributed by atoms with E-state index in [9.17, 15) is 92.7 Å². The van der Waals surface area contributed by atoms with Crippen molar-refractivity contribution in [2.24, 2.45) is 5.41 Å². The van der Waals surface area contributed by atoms with E-state index in [2.05, 4.69) is 101 Å². The second-order valence-electron chi connectivity index (χ2n) is 32.3. The number of carbonyl (C=O) groups is 14. The first-order valence-corrected chi connectivity index (χ1v) is 43.9. The van der Waals surface area contributed by atoms with Crippen molar-refractivity contribution < 1.29 is 121 Å². The van der Waals surface area contributed by atoms with Crippen LogP contribution in [0.4, 0.5) is 10.1 Å². The van der Waals surface area contributed by atoms with Gasteiger partial charge in [0, 0.05) is 87.6 Å². The number of halogens is 1. The highest BCUT2D eigenvalue weighted by Crippen LogP contribution is 2.31. The number of aliphatic hydroxyl groups excluding tert-OH is 3. The lowest BCUT2D eigenvalue weighted by atomic mass is 9.90. The SMILES string of the molecule is CCc1cc(OCCCCNC(=O)CCOCCOCCOCCOCCNC(=O)CCC(=O)N2Cc3ccccc3C#Cc3ccccc32)ccc1-c1ccc(C[C@H](NC(=O)[C@H](CC(=O)O)NC(=O)[C@H](CO)NC(=O)[C@@H](NC(=O)[C@](C)(Cc2ccccc2F)NC(=O)[C@@H](NC(=O)CNC(=O)[C@H](Cc2nn[nH]n2)NC(=O)C(C)(C)C(=O)NCCc2cnc[nH]2)[C@@H](C)O)[C@@H](C)O)C(=O)O)cc1. The lowest BCUT2D eigenvalue weighted by Crippen LogP contribution is -2.67. The maximum atomic E-state index is 15.5. The number of para-hydroxylation sites is 1. The maximum Gasteiger partial charge on any atom is 0.326 e. The summed E-state index contributed by atoms with van der Waals surface area (Å²) < 4.78 is 43.7. The van der Waals surface area contributed by atoms with E-state index in [4.69, 9.17) is 23.7 Å². The van der Waals surface area contributed by atoms with Crippen molar-refractivity contribution in [3.05, 3.63) is 179 Å². The van der Waals surface area contributed by atoms with Gasteiger partial charge in [-0.2, -0.15) is 5.21 Å². The molecule has 7 aromatic rings. The average molecular weight is 1880 g/mol. The monoisotopic (exact) mass is 1880 g/mol. The molecule has 0 saturated heterocycles. The Bertz CT molecular complexity index is 5230. The second-order valence-corrected chi connectivity index (χ2v) is 32.3. The summed E-state index contributed by atoms with van der Waals surface area (Å²) in [6.45, 7) is 9.40. The van der Waals surface area contributed by atoms with E-state index in [0.29, 0.717) is 101 Å². The number of aromatic amines is 2. The number of nitrogens with one attached hydrogen (secondary N) is 13. The van der Waals surface area contributed by atoms with Gasteiger partial charge in [0.1, 0.15) is 58.8 Å². The van der Waals surface area contributed by atoms with Gasteiger partial charge in [-0.05, 0) is 124 Å². The van der Waals surface area contributed by atoms with Crippen LogP contribution in [0.2, 0.25) is 0 Å². The smallest absolute Gasteiger partial charge is 0.326 e. The molecule has 1 aliphatic rings. The van der Waals surface area contributed by atoms with Gasteiger partial charge in [-0.3, -0.25) is 62.3 Å². The van der Waals surface area contributed by atoms with E-state index in [1.165, 1.54) is 38.4 Å². The van der Waals surface area contributed by atoms with Crippen LogP contribution in [0.15, 0.2) is 128 Å². The summed E-state index contributed by atoms with van der Waals surface area (Å²) in [5.41, 5.74) is 2.50. The zero-order chi connectivity index (χ0) is 98.0. The maximum absolute atomic E-state index is 15.5. The molecule has 42 nitrogen and oxygen atoms in total. The number of nitrogens with zero attached hydrogens (tertiary/aromatic N) is 5. The molecule has 3 heterocycles. The number of hydrogen-bond donors (Lipinski definition) is 18. The standard InChI is InChI=1S/C92H117FN18O24/c1-7-59-47-66(135-37-15-14-34-95-76(116)33-38-131-40-42-133-44-45-134-43-41-132-39-36-96-75(115)30-31-78(118)111-53-64-19-9-8-16-60(64)26-27-62-17-11-13-21-73(62)111)28-29-67(59)61-24-22-58(23-25-61)46-71(87(126)127)101-83(122)70(49-79(119)120)100-84(123)72(54-112)102-85(124)80(56(2)113)105-90(130)92(6,50-63-18-10-12-20-68(63)93)106-86(125)81(57(3)114)104-77(117)52-98-82(121)69(48-74-107-109-110-108-74)103-89(129)91(4,5)88(128)97-35-32-65-51-94-55-99-65/h8-13,16-25,28-29,47,51,55-57,69-72,80-81,112-114H,7,14-15,30-46,48-50,52-54H2,1-6H3,(H,94,99)(H,95,116)(H,96,115)(H,97,128)(H,98,121)(H,100,123)(H,101,122)(H,102,124)(H,103,129)(H,104,117)(H,105,130)(H,106,125)(H,119,120)(H,126,127)(H,107,108,109,110)/t56-,57-,69+,70+,71+,72+,80+,81+,92+/m1/s1. The lowest BCUT2D eigenvalue weighted by Gasteiger charge is -2.34. The number of aliphatic carboxylic acids is 2. The Labute approximate surface area is 777 Å². The van der Waals surface area contributed by atoms with Crippen LogP contribution < -0.4 is 68.1 Å². The molecule has 0 bridgehead atoms. The van der Waals surface area contributed by atoms with E-state index >= 15 is 4.39 Å². The molecule has 43 heteroatoms. The zero-order valence-corrected chi connectivity index (χ0v) is 75.7. The van der Waals surface area contributed by atoms with E-state index in [0.717, 1.165) is 60.2 Å². The van der Waals surface area contributed by atoms with Gasteiger partial charge >= 0.3 is 11.9 Å². The molecule has 1 aliphatic heterocycles. The van der Waals surface area contributed by atoms with Crippen LogP contribution in [0.3, 0.4) is 0 Å². The molecule has 2 aromatic heterocycles. The van der Waals surface area contributed by atoms with Crippen molar-refractivity contribution in [1.29, 1.82) is 0 Å². The Balaban J connectivity index is 0.720. The number of anilines is 1. The van der Waals surface area contributed by atoms with Crippen LogP contribution in [0.25, 0.3) is 11.1 Å². The lowest BCUT2D eigenvalue weighted by molar-refractivity contribution is -0.144. The van der Waals surface area contributed by atoms with Crippen molar-refractivity contribution in [3.63, 3.8) is 0 Å². The number of amides is 12. The largest absolute Gasteiger partial charge is 0.494 e. The van der Waals surface area contributed by atoms with Crippen LogP contribution in [-0.2, 0) is 125 Å². The predicted octanol–water partition coefficient (Wildman–Crippen LogP) is -0.508. The number of hydrogen-bond acceptors (Lipinski definition) is 26. The Morgan fingerprint density at radius 2 is 1.20 bits per heavy atom. The number of carbonyl (C=O) groups excluding carboxylic acids is 12. The molecule has 0 fully saturated rings. The molecule has 18 N–H and O–H groups in total. The molecule has 8 rings (SSSR count). The van der Waals surface area contributed by atoms with Crippen LogP contribution in [-0.4, -0.2) is 285 Å². The molecule has 12 amide bonds. The van der Waals surface area contributed by atoms with Gasteiger partial charge in [-0.1, -0.05) is 103 Å². The number of unbranched alkanes of at least 4 members (excludes halogenated alkanes) is 1. The number of H-pyrrole nitrogens is 2. The molecule has 0 radical (unpaired) electrons. The van der Waals surface area contributed by atoms with Gasteiger partial charge in [0.2, 0.25) is 70.9 Å². The Hall–Kier alpha value is -14.0.